The number of nitrogens with one attached hydrogen (secondary N) is 3. The Labute approximate surface area is 257 Å². The third kappa shape index (κ3) is 7.55. The average Bonchev–Trinajstić information content (AvgIpc) is 3.04. The van der Waals surface area contributed by atoms with Gasteiger partial charge in [-0.3, -0.25) is 9.59 Å². The molecule has 0 spiro atoms. The van der Waals surface area contributed by atoms with E-state index in [4.69, 9.17) is 23.2 Å². The first kappa shape index (κ1) is 31.2. The van der Waals surface area contributed by atoms with Crippen molar-refractivity contribution in [3.63, 3.8) is 0 Å². The Hall–Kier alpha value is -3.75. The maximum atomic E-state index is 14.2. The van der Waals surface area contributed by atoms with Crippen molar-refractivity contribution in [1.82, 2.24) is 10.6 Å². The van der Waals surface area contributed by atoms with Crippen molar-refractivity contribution in [2.75, 3.05) is 35.8 Å². The highest BCUT2D eigenvalue weighted by Gasteiger charge is 2.38. The highest BCUT2D eigenvalue weighted by Crippen LogP contribution is 2.40. The molecule has 0 saturated heterocycles. The lowest BCUT2D eigenvalue weighted by atomic mass is 9.86. The Balaban J connectivity index is 1.71. The summed E-state index contributed by atoms with van der Waals surface area (Å²) < 4.78 is 0. The van der Waals surface area contributed by atoms with E-state index in [0.29, 0.717) is 27.8 Å². The molecule has 0 aliphatic carbocycles. The second-order valence-electron chi connectivity index (χ2n) is 11.3. The van der Waals surface area contributed by atoms with Crippen LogP contribution in [0, 0.1) is 0 Å². The van der Waals surface area contributed by atoms with E-state index in [2.05, 4.69) is 16.0 Å². The predicted molar refractivity (Wildman–Crippen MR) is 171 cm³/mol. The topological polar surface area (TPSA) is 93.8 Å². The van der Waals surface area contributed by atoms with Gasteiger partial charge in [-0.25, -0.2) is 4.79 Å². The van der Waals surface area contributed by atoms with Crippen LogP contribution in [0.5, 0.6) is 0 Å². The van der Waals surface area contributed by atoms with Gasteiger partial charge in [-0.15, -0.1) is 0 Å². The first-order valence-corrected chi connectivity index (χ1v) is 14.6. The van der Waals surface area contributed by atoms with E-state index in [9.17, 15) is 14.4 Å². The van der Waals surface area contributed by atoms with Gasteiger partial charge in [-0.05, 0) is 80.3 Å². The van der Waals surface area contributed by atoms with Gasteiger partial charge in [0.1, 0.15) is 12.6 Å². The normalized spacial score (nSPS) is 16.7. The third-order valence-electron chi connectivity index (χ3n) is 7.56. The lowest BCUT2D eigenvalue weighted by Crippen LogP contribution is -2.53. The number of urea groups is 1. The van der Waals surface area contributed by atoms with Gasteiger partial charge in [-0.2, -0.15) is 0 Å². The average molecular weight is 611 g/mol. The summed E-state index contributed by atoms with van der Waals surface area (Å²) in [7, 11) is 3.83. The van der Waals surface area contributed by atoms with E-state index in [1.807, 2.05) is 76.2 Å². The maximum Gasteiger partial charge on any atom is 0.319 e. The standard InChI is InChI=1S/C32H37Cl2N5O3/c1-6-32(2,3)37-29(40)19-39-28-16-22(34)14-15-25(28)26(20-10-12-21(33)13-11-20)18-27(30(39)41)36-31(42)35-23-8-7-9-24(17-23)38(4)5/h7-17,26-27H,6,18-19H2,1-5H3,(H,37,40)(H2,35,36,42). The zero-order valence-electron chi connectivity index (χ0n) is 24.5. The van der Waals surface area contributed by atoms with Gasteiger partial charge in [0, 0.05) is 52.7 Å². The van der Waals surface area contributed by atoms with Crippen LogP contribution in [-0.2, 0) is 9.59 Å². The summed E-state index contributed by atoms with van der Waals surface area (Å²) in [6, 6.07) is 18.7. The summed E-state index contributed by atoms with van der Waals surface area (Å²) in [5.41, 5.74) is 3.32. The molecule has 8 nitrogen and oxygen atoms in total. The molecule has 3 aromatic carbocycles. The molecule has 1 heterocycles. The van der Waals surface area contributed by atoms with Crippen LogP contribution in [0.15, 0.2) is 66.7 Å². The fraction of sp³-hybridized carbons (Fsp3) is 0.344. The molecule has 0 radical (unpaired) electrons. The molecule has 4 rings (SSSR count). The van der Waals surface area contributed by atoms with E-state index in [0.717, 1.165) is 16.8 Å². The van der Waals surface area contributed by atoms with E-state index < -0.39 is 23.5 Å². The van der Waals surface area contributed by atoms with Crippen molar-refractivity contribution in [3.05, 3.63) is 87.9 Å². The number of hydrogen-bond donors (Lipinski definition) is 3. The largest absolute Gasteiger partial charge is 0.378 e. The van der Waals surface area contributed by atoms with E-state index in [1.54, 1.807) is 30.3 Å². The molecule has 1 aliphatic heterocycles. The van der Waals surface area contributed by atoms with Gasteiger partial charge in [-0.1, -0.05) is 54.4 Å². The highest BCUT2D eigenvalue weighted by molar-refractivity contribution is 6.31. The highest BCUT2D eigenvalue weighted by atomic mass is 35.5. The van der Waals surface area contributed by atoms with E-state index in [-0.39, 0.29) is 24.8 Å². The molecule has 42 heavy (non-hydrogen) atoms. The fourth-order valence-corrected chi connectivity index (χ4v) is 5.24. The number of carbonyl (C=O) groups excluding carboxylic acids is 3. The summed E-state index contributed by atoms with van der Waals surface area (Å²) in [6.07, 6.45) is 0.978. The molecule has 0 saturated carbocycles. The number of fused-ring (bicyclic) bond motifs is 1. The quantitative estimate of drug-likeness (QED) is 0.274. The van der Waals surface area contributed by atoms with Crippen molar-refractivity contribution in [1.29, 1.82) is 0 Å². The van der Waals surface area contributed by atoms with Gasteiger partial charge in [0.05, 0.1) is 0 Å². The molecule has 0 fully saturated rings. The van der Waals surface area contributed by atoms with Crippen molar-refractivity contribution in [2.45, 2.75) is 51.1 Å². The van der Waals surface area contributed by atoms with Gasteiger partial charge in [0.2, 0.25) is 11.8 Å². The SMILES string of the molecule is CCC(C)(C)NC(=O)CN1C(=O)C(NC(=O)Nc2cccc(N(C)C)c2)CC(c2ccc(Cl)cc2)c2ccc(Cl)cc21. The van der Waals surface area contributed by atoms with Crippen LogP contribution in [0.4, 0.5) is 21.9 Å². The molecule has 1 aliphatic rings. The fourth-order valence-electron chi connectivity index (χ4n) is 4.95. The minimum absolute atomic E-state index is 0.229. The minimum Gasteiger partial charge on any atom is -0.378 e. The van der Waals surface area contributed by atoms with Gasteiger partial charge < -0.3 is 25.8 Å². The molecule has 222 valence electrons. The molecule has 3 aromatic rings. The molecule has 2 unspecified atom stereocenters. The number of hydrogen-bond acceptors (Lipinski definition) is 4. The maximum absolute atomic E-state index is 14.2. The summed E-state index contributed by atoms with van der Waals surface area (Å²) in [6.45, 7) is 5.61. The third-order valence-corrected chi connectivity index (χ3v) is 8.04. The van der Waals surface area contributed by atoms with Gasteiger partial charge in [0.15, 0.2) is 0 Å². The number of carbonyl (C=O) groups is 3. The van der Waals surface area contributed by atoms with Crippen LogP contribution >= 0.6 is 23.2 Å². The molecule has 0 aromatic heterocycles. The number of amides is 4. The monoisotopic (exact) mass is 609 g/mol. The van der Waals surface area contributed by atoms with E-state index in [1.165, 1.54) is 4.90 Å². The van der Waals surface area contributed by atoms with Crippen LogP contribution in [-0.4, -0.2) is 50.1 Å². The summed E-state index contributed by atoms with van der Waals surface area (Å²) >= 11 is 12.6. The first-order valence-electron chi connectivity index (χ1n) is 13.9. The van der Waals surface area contributed by atoms with Gasteiger partial charge in [0.25, 0.3) is 0 Å². The lowest BCUT2D eigenvalue weighted by molar-refractivity contribution is -0.125. The second-order valence-corrected chi connectivity index (χ2v) is 12.2. The summed E-state index contributed by atoms with van der Waals surface area (Å²) in [5.74, 6) is -1.01. The molecule has 10 heteroatoms. The van der Waals surface area contributed by atoms with Crippen LogP contribution in [0.1, 0.15) is 50.7 Å². The summed E-state index contributed by atoms with van der Waals surface area (Å²) in [4.78, 5) is 44.0. The minimum atomic E-state index is -0.944. The number of nitrogens with zero attached hydrogens (tertiary/aromatic N) is 2. The Morgan fingerprint density at radius 3 is 2.36 bits per heavy atom. The Kier molecular flexibility index (Phi) is 9.69. The number of anilines is 3. The summed E-state index contributed by atoms with van der Waals surface area (Å²) in [5, 5.41) is 9.76. The molecule has 2 atom stereocenters. The predicted octanol–water partition coefficient (Wildman–Crippen LogP) is 6.42. The van der Waals surface area contributed by atoms with Gasteiger partial charge >= 0.3 is 6.03 Å². The number of benzene rings is 3. The second kappa shape index (κ2) is 13.0. The van der Waals surface area contributed by atoms with Crippen molar-refractivity contribution < 1.29 is 14.4 Å². The molecule has 4 amide bonds. The van der Waals surface area contributed by atoms with Crippen LogP contribution in [0.3, 0.4) is 0 Å². The van der Waals surface area contributed by atoms with Crippen LogP contribution < -0.4 is 25.8 Å². The van der Waals surface area contributed by atoms with Crippen molar-refractivity contribution in [2.24, 2.45) is 0 Å². The van der Waals surface area contributed by atoms with Crippen molar-refractivity contribution in [3.8, 4) is 0 Å². The zero-order valence-corrected chi connectivity index (χ0v) is 26.0. The molecular weight excluding hydrogens is 573 g/mol. The number of halogens is 2. The Morgan fingerprint density at radius 2 is 1.69 bits per heavy atom. The molecule has 0 bridgehead atoms. The molecule has 3 N–H and O–H groups in total. The smallest absolute Gasteiger partial charge is 0.319 e. The van der Waals surface area contributed by atoms with Crippen molar-refractivity contribution >= 4 is 58.1 Å². The first-order chi connectivity index (χ1) is 19.9. The lowest BCUT2D eigenvalue weighted by Gasteiger charge is -2.29. The van der Waals surface area contributed by atoms with Crippen LogP contribution in [0.2, 0.25) is 10.0 Å². The van der Waals surface area contributed by atoms with E-state index >= 15 is 0 Å². The Bertz CT molecular complexity index is 1460. The van der Waals surface area contributed by atoms with Crippen LogP contribution in [0.25, 0.3) is 0 Å². The number of rotatable bonds is 8. The molecular formula is C32H37Cl2N5O3. The zero-order chi connectivity index (χ0) is 30.6. The Morgan fingerprint density at radius 1 is 1.00 bits per heavy atom.